The van der Waals surface area contributed by atoms with Crippen molar-refractivity contribution >= 4 is 47.1 Å². The summed E-state index contributed by atoms with van der Waals surface area (Å²) in [7, 11) is 1.32. The predicted molar refractivity (Wildman–Crippen MR) is 212 cm³/mol. The highest BCUT2D eigenvalue weighted by Gasteiger charge is 2.43. The maximum atomic E-state index is 13.3. The van der Waals surface area contributed by atoms with Gasteiger partial charge in [-0.15, -0.1) is 0 Å². The van der Waals surface area contributed by atoms with E-state index >= 15 is 0 Å². The Hall–Kier alpha value is -5.98. The number of Topliss-reactive ketones (excluding diaryl/α,β-unsaturated/α-hetero) is 2. The molecule has 0 aromatic heterocycles. The Morgan fingerprint density at radius 2 is 1.44 bits per heavy atom. The minimum atomic E-state index is -5.03. The van der Waals surface area contributed by atoms with E-state index in [9.17, 15) is 55.1 Å². The number of amides is 2. The maximum Gasteiger partial charge on any atom is 0.416 e. The van der Waals surface area contributed by atoms with Crippen LogP contribution in [0.25, 0.3) is 6.08 Å². The monoisotopic (exact) mass is 866 g/mol. The summed E-state index contributed by atoms with van der Waals surface area (Å²) in [5.74, 6) is -1.62. The van der Waals surface area contributed by atoms with Crippen LogP contribution in [0.4, 0.5) is 32.0 Å². The smallest absolute Gasteiger partial charge is 0.416 e. The molecule has 6 rings (SSSR count). The van der Waals surface area contributed by atoms with E-state index in [4.69, 9.17) is 4.74 Å². The Labute approximate surface area is 353 Å². The Balaban J connectivity index is 0.912. The van der Waals surface area contributed by atoms with E-state index < -0.39 is 34.8 Å². The second-order valence-corrected chi connectivity index (χ2v) is 16.0. The molecule has 2 unspecified atom stereocenters. The second kappa shape index (κ2) is 19.4. The summed E-state index contributed by atoms with van der Waals surface area (Å²) in [4.78, 5) is 75.0. The molecule has 4 aliphatic rings. The fraction of sp³-hybridized carbons (Fsp3) is 0.435. The lowest BCUT2D eigenvalue weighted by Gasteiger charge is -2.24. The lowest BCUT2D eigenvalue weighted by Crippen LogP contribution is -2.23. The SMILES string of the molecule is COC(=O)CCCCC(=O)Nc1ccc2c(c1)CC(CC1C[C@H]1OC(=O)CCCCC(=O)NC1=C=C=C3C(=O)/C(=C/c4cc(C(F)(F)F)cc(C(F)(F)F)c4)CCC3=C1)CC2=O. The zero-order valence-electron chi connectivity index (χ0n) is 33.8. The molecule has 2 amide bonds. The van der Waals surface area contributed by atoms with Gasteiger partial charge in [0.25, 0.3) is 0 Å². The molecule has 16 heteroatoms. The number of esters is 2. The highest BCUT2D eigenvalue weighted by Crippen LogP contribution is 2.43. The van der Waals surface area contributed by atoms with Gasteiger partial charge in [-0.25, -0.2) is 0 Å². The Morgan fingerprint density at radius 3 is 2.10 bits per heavy atom. The minimum Gasteiger partial charge on any atom is -0.469 e. The fourth-order valence-corrected chi connectivity index (χ4v) is 7.85. The first-order valence-electron chi connectivity index (χ1n) is 20.4. The summed E-state index contributed by atoms with van der Waals surface area (Å²) >= 11 is 0. The third kappa shape index (κ3) is 12.3. The van der Waals surface area contributed by atoms with Crippen LogP contribution in [0.5, 0.6) is 0 Å². The molecule has 10 nitrogen and oxygen atoms in total. The number of ether oxygens (including phenoxy) is 2. The molecule has 0 bridgehead atoms. The van der Waals surface area contributed by atoms with E-state index in [0.717, 1.165) is 18.1 Å². The van der Waals surface area contributed by atoms with Crippen LogP contribution in [0.3, 0.4) is 0 Å². The third-order valence-corrected chi connectivity index (χ3v) is 11.1. The number of unbranched alkanes of at least 4 members (excludes halogenated alkanes) is 2. The lowest BCUT2D eigenvalue weighted by molar-refractivity contribution is -0.146. The van der Waals surface area contributed by atoms with Crippen molar-refractivity contribution in [1.29, 1.82) is 0 Å². The highest BCUT2D eigenvalue weighted by atomic mass is 19.4. The van der Waals surface area contributed by atoms with Crippen LogP contribution in [0.2, 0.25) is 0 Å². The first kappa shape index (κ1) is 45.5. The van der Waals surface area contributed by atoms with E-state index in [1.54, 1.807) is 12.1 Å². The normalized spacial score (nSPS) is 20.0. The Bertz CT molecular complexity index is 2300. The maximum absolute atomic E-state index is 13.3. The predicted octanol–water partition coefficient (Wildman–Crippen LogP) is 9.09. The van der Waals surface area contributed by atoms with Gasteiger partial charge in [-0.3, -0.25) is 28.8 Å². The summed E-state index contributed by atoms with van der Waals surface area (Å²) in [6.07, 6.45) is -2.49. The second-order valence-electron chi connectivity index (χ2n) is 16.0. The fourth-order valence-electron chi connectivity index (χ4n) is 7.85. The molecule has 4 aliphatic carbocycles. The van der Waals surface area contributed by atoms with Crippen molar-refractivity contribution in [3.63, 3.8) is 0 Å². The summed E-state index contributed by atoms with van der Waals surface area (Å²) in [6.45, 7) is 0. The average molecular weight is 867 g/mol. The molecule has 2 aromatic carbocycles. The van der Waals surface area contributed by atoms with E-state index in [1.165, 1.54) is 13.2 Å². The summed E-state index contributed by atoms with van der Waals surface area (Å²) in [6, 6.07) is 6.41. The van der Waals surface area contributed by atoms with Crippen molar-refractivity contribution in [2.75, 3.05) is 12.4 Å². The minimum absolute atomic E-state index is 0.0101. The van der Waals surface area contributed by atoms with Crippen molar-refractivity contribution in [2.24, 2.45) is 11.8 Å². The zero-order chi connectivity index (χ0) is 44.8. The van der Waals surface area contributed by atoms with Crippen molar-refractivity contribution in [3.8, 4) is 0 Å². The summed E-state index contributed by atoms with van der Waals surface area (Å²) in [5, 5.41) is 5.54. The number of methoxy groups -OCH3 is 1. The van der Waals surface area contributed by atoms with Gasteiger partial charge in [0.2, 0.25) is 11.8 Å². The number of rotatable bonds is 16. The summed E-state index contributed by atoms with van der Waals surface area (Å²) in [5.41, 5.74) is 4.84. The number of fused-ring (bicyclic) bond motifs is 2. The van der Waals surface area contributed by atoms with Gasteiger partial charge in [-0.1, -0.05) is 5.73 Å². The number of allylic oxidation sites excluding steroid dienone is 4. The number of anilines is 1. The van der Waals surface area contributed by atoms with Crippen LogP contribution >= 0.6 is 0 Å². The number of ketones is 2. The first-order chi connectivity index (χ1) is 29.4. The average Bonchev–Trinajstić information content (AvgIpc) is 3.94. The van der Waals surface area contributed by atoms with Crippen LogP contribution in [0.1, 0.15) is 116 Å². The molecule has 0 spiro atoms. The molecule has 0 radical (unpaired) electrons. The lowest BCUT2D eigenvalue weighted by atomic mass is 9.80. The summed E-state index contributed by atoms with van der Waals surface area (Å²) < 4.78 is 90.2. The van der Waals surface area contributed by atoms with Gasteiger partial charge < -0.3 is 20.1 Å². The number of carbonyl (C=O) groups excluding carboxylic acids is 6. The van der Waals surface area contributed by atoms with E-state index in [0.29, 0.717) is 73.9 Å². The molecule has 62 heavy (non-hydrogen) atoms. The molecule has 328 valence electrons. The molecule has 3 atom stereocenters. The Kier molecular flexibility index (Phi) is 14.2. The van der Waals surface area contributed by atoms with Gasteiger partial charge in [-0.05, 0) is 141 Å². The van der Waals surface area contributed by atoms with Crippen molar-refractivity contribution < 1.29 is 64.6 Å². The molecule has 2 saturated carbocycles. The number of carbonyl (C=O) groups is 6. The molecule has 2 N–H and O–H groups in total. The molecule has 0 saturated heterocycles. The molecular formula is C46H44F6N2O8. The van der Waals surface area contributed by atoms with Gasteiger partial charge in [0.15, 0.2) is 11.6 Å². The van der Waals surface area contributed by atoms with Gasteiger partial charge in [-0.2, -0.15) is 26.3 Å². The van der Waals surface area contributed by atoms with E-state index in [1.807, 2.05) is 6.07 Å². The van der Waals surface area contributed by atoms with E-state index in [2.05, 4.69) is 26.8 Å². The van der Waals surface area contributed by atoms with Crippen molar-refractivity contribution in [3.05, 3.63) is 104 Å². The zero-order valence-corrected chi connectivity index (χ0v) is 33.8. The van der Waals surface area contributed by atoms with Crippen molar-refractivity contribution in [2.45, 2.75) is 108 Å². The van der Waals surface area contributed by atoms with Crippen LogP contribution in [0.15, 0.2) is 76.4 Å². The van der Waals surface area contributed by atoms with E-state index in [-0.39, 0.29) is 109 Å². The van der Waals surface area contributed by atoms with Gasteiger partial charge in [0, 0.05) is 48.9 Å². The van der Waals surface area contributed by atoms with Crippen molar-refractivity contribution in [1.82, 2.24) is 5.32 Å². The highest BCUT2D eigenvalue weighted by molar-refractivity contribution is 6.14. The van der Waals surface area contributed by atoms with Crippen LogP contribution in [0, 0.1) is 11.8 Å². The van der Waals surface area contributed by atoms with Gasteiger partial charge in [0.1, 0.15) is 6.10 Å². The third-order valence-electron chi connectivity index (χ3n) is 11.1. The first-order valence-corrected chi connectivity index (χ1v) is 20.4. The number of halogens is 6. The number of alkyl halides is 6. The molecule has 2 fully saturated rings. The van der Waals surface area contributed by atoms with Gasteiger partial charge >= 0.3 is 24.3 Å². The Morgan fingerprint density at radius 1 is 0.790 bits per heavy atom. The van der Waals surface area contributed by atoms with Crippen LogP contribution in [-0.4, -0.2) is 48.5 Å². The number of nitrogens with one attached hydrogen (secondary N) is 2. The molecule has 0 heterocycles. The molecule has 0 aliphatic heterocycles. The quantitative estimate of drug-likeness (QED) is 0.0559. The number of hydrogen-bond acceptors (Lipinski definition) is 8. The molecule has 2 aromatic rings. The largest absolute Gasteiger partial charge is 0.469 e. The molecular weight excluding hydrogens is 823 g/mol. The van der Waals surface area contributed by atoms with Gasteiger partial charge in [0.05, 0.1) is 29.5 Å². The number of benzene rings is 2. The van der Waals surface area contributed by atoms with Crippen LogP contribution < -0.4 is 10.6 Å². The topological polar surface area (TPSA) is 145 Å². The number of hydrogen-bond donors (Lipinski definition) is 2. The van der Waals surface area contributed by atoms with Crippen LogP contribution in [-0.2, 0) is 52.2 Å². The standard InChI is InChI=1S/C46H44F6N2O8/c1-61-42(58)8-4-2-6-41(57)54-35-12-14-36-30(23-35)17-26(21-38(36)55)18-31-24-39(31)62-43(59)9-5-3-7-40(56)53-34-13-15-37-28(22-34)10-11-29(44(37)60)16-27-19-32(45(47,48)49)25-33(20-27)46(50,51)52/h12,14,16,19-20,22-23,25-26,31,39H,2-11,17-18,21,24H2,1H3,(H,53,56)(H,54,57)/b29-16+/t26?,31?,39-/m1/s1.